The van der Waals surface area contributed by atoms with Gasteiger partial charge < -0.3 is 15.3 Å². The minimum atomic E-state index is -0.734. The zero-order valence-electron chi connectivity index (χ0n) is 15.2. The molecule has 2 N–H and O–H groups in total. The van der Waals surface area contributed by atoms with E-state index < -0.39 is 5.60 Å². The first-order valence-corrected chi connectivity index (χ1v) is 9.79. The number of aliphatic hydroxyl groups is 1. The minimum Gasteiger partial charge on any atom is -0.385 e. The Morgan fingerprint density at radius 2 is 1.73 bits per heavy atom. The second-order valence-corrected chi connectivity index (χ2v) is 8.21. The highest BCUT2D eigenvalue weighted by molar-refractivity contribution is 5.48. The zero-order valence-corrected chi connectivity index (χ0v) is 15.2. The molecule has 1 aliphatic carbocycles. The van der Waals surface area contributed by atoms with E-state index in [2.05, 4.69) is 22.3 Å². The maximum atomic E-state index is 11.3. The van der Waals surface area contributed by atoms with Crippen molar-refractivity contribution in [3.63, 3.8) is 0 Å². The van der Waals surface area contributed by atoms with Gasteiger partial charge in [-0.2, -0.15) is 4.98 Å². The van der Waals surface area contributed by atoms with Gasteiger partial charge in [0.15, 0.2) is 0 Å². The van der Waals surface area contributed by atoms with Crippen molar-refractivity contribution in [3.8, 4) is 0 Å². The normalized spacial score (nSPS) is 30.5. The molecule has 2 aliphatic heterocycles. The zero-order chi connectivity index (χ0) is 17.7. The van der Waals surface area contributed by atoms with Gasteiger partial charge in [0, 0.05) is 42.7 Å². The number of rotatable bonds is 4. The van der Waals surface area contributed by atoms with Crippen molar-refractivity contribution in [2.45, 2.75) is 69.2 Å². The summed E-state index contributed by atoms with van der Waals surface area (Å²) >= 11 is 0. The number of piperidine rings is 1. The number of aromatic nitrogens is 2. The molecule has 3 fully saturated rings. The maximum Gasteiger partial charge on any atom is 0.228 e. The number of fused-ring (bicyclic) bond motifs is 2. The van der Waals surface area contributed by atoms with Gasteiger partial charge in [-0.1, -0.05) is 30.3 Å². The summed E-state index contributed by atoms with van der Waals surface area (Å²) in [7, 11) is 0. The third-order valence-electron chi connectivity index (χ3n) is 6.08. The van der Waals surface area contributed by atoms with E-state index in [1.54, 1.807) is 0 Å². The first-order valence-electron chi connectivity index (χ1n) is 9.79. The first kappa shape index (κ1) is 16.1. The molecule has 136 valence electrons. The van der Waals surface area contributed by atoms with Crippen LogP contribution in [-0.2, 0) is 5.60 Å². The van der Waals surface area contributed by atoms with Gasteiger partial charge in [-0.25, -0.2) is 4.98 Å². The number of hydrogen-bond donors (Lipinski definition) is 2. The minimum absolute atomic E-state index is 0.300. The molecule has 26 heavy (non-hydrogen) atoms. The fraction of sp³-hybridized carbons (Fsp3) is 0.524. The highest BCUT2D eigenvalue weighted by atomic mass is 16.3. The van der Waals surface area contributed by atoms with Crippen molar-refractivity contribution in [3.05, 3.63) is 47.7 Å². The lowest BCUT2D eigenvalue weighted by Gasteiger charge is -2.44. The number of aryl methyl sites for hydroxylation is 1. The van der Waals surface area contributed by atoms with E-state index in [1.165, 1.54) is 12.8 Å². The van der Waals surface area contributed by atoms with E-state index in [4.69, 9.17) is 9.97 Å². The van der Waals surface area contributed by atoms with Gasteiger partial charge in [0.25, 0.3) is 0 Å². The largest absolute Gasteiger partial charge is 0.385 e. The summed E-state index contributed by atoms with van der Waals surface area (Å²) in [5.74, 6) is 1.77. The third kappa shape index (κ3) is 2.84. The van der Waals surface area contributed by atoms with E-state index in [0.29, 0.717) is 18.1 Å². The van der Waals surface area contributed by atoms with Gasteiger partial charge >= 0.3 is 0 Å². The molecule has 2 atom stereocenters. The number of benzene rings is 1. The molecule has 3 aliphatic rings. The standard InChI is InChI=1S/C21H26N4O/c1-14-11-19(23-16-7-8-16)24-20(22-14)25-17-9-10-18(25)13-21(26,12-17)15-5-3-2-4-6-15/h2-6,11,16-18,26H,7-10,12-13H2,1H3,(H,22,23,24). The van der Waals surface area contributed by atoms with Crippen LogP contribution in [0, 0.1) is 6.92 Å². The molecule has 5 heteroatoms. The molecule has 2 bridgehead atoms. The molecule has 1 saturated carbocycles. The fourth-order valence-electron chi connectivity index (χ4n) is 4.71. The molecule has 1 aromatic carbocycles. The van der Waals surface area contributed by atoms with E-state index in [9.17, 15) is 5.11 Å². The van der Waals surface area contributed by atoms with Crippen LogP contribution < -0.4 is 10.2 Å². The molecule has 0 amide bonds. The summed E-state index contributed by atoms with van der Waals surface area (Å²) < 4.78 is 0. The molecule has 5 nitrogen and oxygen atoms in total. The lowest BCUT2D eigenvalue weighted by Crippen LogP contribution is -2.50. The Morgan fingerprint density at radius 1 is 1.04 bits per heavy atom. The van der Waals surface area contributed by atoms with Crippen LogP contribution in [0.15, 0.2) is 36.4 Å². The van der Waals surface area contributed by atoms with E-state index in [0.717, 1.165) is 48.7 Å². The summed E-state index contributed by atoms with van der Waals surface area (Å²) in [4.78, 5) is 11.9. The second kappa shape index (κ2) is 5.95. The van der Waals surface area contributed by atoms with Crippen LogP contribution in [0.25, 0.3) is 0 Å². The monoisotopic (exact) mass is 350 g/mol. The average Bonchev–Trinajstić information content (AvgIpc) is 3.38. The SMILES string of the molecule is Cc1cc(NC2CC2)nc(N2C3CCC2CC(O)(c2ccccc2)C3)n1. The molecular formula is C21H26N4O. The highest BCUT2D eigenvalue weighted by Gasteiger charge is 2.49. The predicted octanol–water partition coefficient (Wildman–Crippen LogP) is 3.38. The second-order valence-electron chi connectivity index (χ2n) is 8.21. The van der Waals surface area contributed by atoms with Crippen LogP contribution in [0.2, 0.25) is 0 Å². The van der Waals surface area contributed by atoms with Crippen molar-refractivity contribution < 1.29 is 5.11 Å². The third-order valence-corrected chi connectivity index (χ3v) is 6.08. The van der Waals surface area contributed by atoms with Crippen LogP contribution in [-0.4, -0.2) is 33.2 Å². The number of nitrogens with one attached hydrogen (secondary N) is 1. The van der Waals surface area contributed by atoms with Crippen molar-refractivity contribution in [1.29, 1.82) is 0 Å². The summed E-state index contributed by atoms with van der Waals surface area (Å²) in [6.07, 6.45) is 6.16. The number of hydrogen-bond acceptors (Lipinski definition) is 5. The summed E-state index contributed by atoms with van der Waals surface area (Å²) in [5.41, 5.74) is 1.31. The van der Waals surface area contributed by atoms with Crippen molar-refractivity contribution >= 4 is 11.8 Å². The molecule has 0 spiro atoms. The quantitative estimate of drug-likeness (QED) is 0.885. The lowest BCUT2D eigenvalue weighted by atomic mass is 9.80. The van der Waals surface area contributed by atoms with E-state index >= 15 is 0 Å². The molecule has 3 heterocycles. The molecule has 2 saturated heterocycles. The maximum absolute atomic E-state index is 11.3. The van der Waals surface area contributed by atoms with Gasteiger partial charge in [-0.15, -0.1) is 0 Å². The molecule has 2 aromatic rings. The number of anilines is 2. The van der Waals surface area contributed by atoms with Crippen LogP contribution in [0.5, 0.6) is 0 Å². The Hall–Kier alpha value is -2.14. The van der Waals surface area contributed by atoms with E-state index in [-0.39, 0.29) is 0 Å². The Labute approximate surface area is 154 Å². The Morgan fingerprint density at radius 3 is 2.38 bits per heavy atom. The predicted molar refractivity (Wildman–Crippen MR) is 102 cm³/mol. The Balaban J connectivity index is 1.43. The van der Waals surface area contributed by atoms with Gasteiger partial charge in [-0.3, -0.25) is 0 Å². The van der Waals surface area contributed by atoms with Crippen molar-refractivity contribution in [2.24, 2.45) is 0 Å². The lowest BCUT2D eigenvalue weighted by molar-refractivity contribution is -0.00336. The molecule has 2 unspecified atom stereocenters. The number of nitrogens with zero attached hydrogens (tertiary/aromatic N) is 3. The molecule has 1 aromatic heterocycles. The Kier molecular flexibility index (Phi) is 3.67. The molecule has 0 radical (unpaired) electrons. The summed E-state index contributed by atoms with van der Waals surface area (Å²) in [6.45, 7) is 2.04. The van der Waals surface area contributed by atoms with Crippen LogP contribution in [0.3, 0.4) is 0 Å². The fourth-order valence-corrected chi connectivity index (χ4v) is 4.71. The van der Waals surface area contributed by atoms with Crippen molar-refractivity contribution in [1.82, 2.24) is 9.97 Å². The van der Waals surface area contributed by atoms with Gasteiger partial charge in [0.05, 0.1) is 5.60 Å². The molecular weight excluding hydrogens is 324 g/mol. The van der Waals surface area contributed by atoms with Gasteiger partial charge in [0.2, 0.25) is 5.95 Å². The van der Waals surface area contributed by atoms with E-state index in [1.807, 2.05) is 31.2 Å². The van der Waals surface area contributed by atoms with Gasteiger partial charge in [0.1, 0.15) is 5.82 Å². The first-order chi connectivity index (χ1) is 12.6. The summed E-state index contributed by atoms with van der Waals surface area (Å²) in [5, 5.41) is 14.8. The molecule has 5 rings (SSSR count). The summed E-state index contributed by atoms with van der Waals surface area (Å²) in [6, 6.07) is 13.4. The topological polar surface area (TPSA) is 61.3 Å². The van der Waals surface area contributed by atoms with Crippen LogP contribution >= 0.6 is 0 Å². The highest BCUT2D eigenvalue weighted by Crippen LogP contribution is 2.46. The van der Waals surface area contributed by atoms with Crippen molar-refractivity contribution in [2.75, 3.05) is 10.2 Å². The Bertz CT molecular complexity index is 791. The smallest absolute Gasteiger partial charge is 0.228 e. The average molecular weight is 350 g/mol. The van der Waals surface area contributed by atoms with Crippen LogP contribution in [0.1, 0.15) is 49.8 Å². The van der Waals surface area contributed by atoms with Gasteiger partial charge in [-0.05, 0) is 38.2 Å². The van der Waals surface area contributed by atoms with Crippen LogP contribution in [0.4, 0.5) is 11.8 Å².